The fourth-order valence-electron chi connectivity index (χ4n) is 3.28. The molecule has 9 heteroatoms. The van der Waals surface area contributed by atoms with Gasteiger partial charge >= 0.3 is 11.7 Å². The van der Waals surface area contributed by atoms with Crippen molar-refractivity contribution in [2.24, 2.45) is 0 Å². The first-order valence-electron chi connectivity index (χ1n) is 9.05. The summed E-state index contributed by atoms with van der Waals surface area (Å²) in [4.78, 5) is 52.9. The van der Waals surface area contributed by atoms with Gasteiger partial charge in [-0.25, -0.2) is 9.59 Å². The van der Waals surface area contributed by atoms with Gasteiger partial charge < -0.3 is 20.5 Å². The molecule has 0 aliphatic carbocycles. The van der Waals surface area contributed by atoms with E-state index in [-0.39, 0.29) is 30.1 Å². The first kappa shape index (κ1) is 18.7. The molecule has 1 aromatic carbocycles. The minimum absolute atomic E-state index is 0.135. The molecule has 9 nitrogen and oxygen atoms in total. The van der Waals surface area contributed by atoms with Gasteiger partial charge in [0.05, 0.1) is 10.9 Å². The third kappa shape index (κ3) is 3.71. The fourth-order valence-corrected chi connectivity index (χ4v) is 3.28. The number of aromatic nitrogens is 2. The third-order valence-corrected chi connectivity index (χ3v) is 4.70. The molecule has 1 aliphatic rings. The van der Waals surface area contributed by atoms with E-state index in [1.807, 2.05) is 6.92 Å². The zero-order valence-electron chi connectivity index (χ0n) is 15.4. The first-order chi connectivity index (χ1) is 12.9. The summed E-state index contributed by atoms with van der Waals surface area (Å²) in [5.41, 5.74) is -0.196. The summed E-state index contributed by atoms with van der Waals surface area (Å²) in [6.07, 6.45) is 0.675. The summed E-state index contributed by atoms with van der Waals surface area (Å²) >= 11 is 0. The number of hydrogen-bond acceptors (Lipinski definition) is 4. The van der Waals surface area contributed by atoms with Crippen LogP contribution in [0.15, 0.2) is 27.8 Å². The summed E-state index contributed by atoms with van der Waals surface area (Å²) < 4.78 is 1.11. The Morgan fingerprint density at radius 1 is 1.26 bits per heavy atom. The number of nitrogens with one attached hydrogen (secondary N) is 3. The number of urea groups is 1. The monoisotopic (exact) mass is 373 g/mol. The van der Waals surface area contributed by atoms with E-state index in [4.69, 9.17) is 0 Å². The molecule has 3 amide bonds. The van der Waals surface area contributed by atoms with E-state index in [0.29, 0.717) is 42.5 Å². The van der Waals surface area contributed by atoms with Gasteiger partial charge in [0.25, 0.3) is 11.5 Å². The fraction of sp³-hybridized carbons (Fsp3) is 0.444. The average Bonchev–Trinajstić information content (AvgIpc) is 3.10. The van der Waals surface area contributed by atoms with E-state index in [9.17, 15) is 19.2 Å². The second-order valence-electron chi connectivity index (χ2n) is 6.48. The van der Waals surface area contributed by atoms with Crippen LogP contribution >= 0.6 is 0 Å². The standard InChI is InChI=1S/C18H23N5O4/c1-3-19-17(26)22-8-7-12(10-22)20-15(24)11-5-6-13-14(9-11)21-18(27)23(4-2)16(13)25/h5-6,9,12H,3-4,7-8,10H2,1-2H3,(H,19,26)(H,20,24)(H,21,27). The van der Waals surface area contributed by atoms with Crippen LogP contribution in [0.4, 0.5) is 4.79 Å². The molecular weight excluding hydrogens is 350 g/mol. The summed E-state index contributed by atoms with van der Waals surface area (Å²) in [7, 11) is 0. The summed E-state index contributed by atoms with van der Waals surface area (Å²) in [5.74, 6) is -0.305. The molecule has 1 fully saturated rings. The number of aromatic amines is 1. The van der Waals surface area contributed by atoms with Crippen molar-refractivity contribution >= 4 is 22.8 Å². The number of rotatable bonds is 4. The van der Waals surface area contributed by atoms with Gasteiger partial charge in [-0.2, -0.15) is 0 Å². The normalized spacial score (nSPS) is 16.5. The van der Waals surface area contributed by atoms with Crippen molar-refractivity contribution in [3.63, 3.8) is 0 Å². The van der Waals surface area contributed by atoms with Crippen LogP contribution in [0.3, 0.4) is 0 Å². The van der Waals surface area contributed by atoms with Crippen LogP contribution in [0.5, 0.6) is 0 Å². The van der Waals surface area contributed by atoms with Gasteiger partial charge in [0.2, 0.25) is 0 Å². The summed E-state index contributed by atoms with van der Waals surface area (Å²) in [6.45, 7) is 5.43. The molecule has 2 aromatic rings. The van der Waals surface area contributed by atoms with Crippen LogP contribution in [0.2, 0.25) is 0 Å². The van der Waals surface area contributed by atoms with Gasteiger partial charge in [-0.05, 0) is 38.5 Å². The minimum atomic E-state index is -0.499. The van der Waals surface area contributed by atoms with Crippen molar-refractivity contribution in [1.82, 2.24) is 25.1 Å². The van der Waals surface area contributed by atoms with Crippen LogP contribution < -0.4 is 21.9 Å². The highest BCUT2D eigenvalue weighted by Gasteiger charge is 2.27. The molecule has 3 N–H and O–H groups in total. The SMILES string of the molecule is CCNC(=O)N1CCC(NC(=O)c2ccc3c(=O)n(CC)c(=O)[nH]c3c2)C1. The highest BCUT2D eigenvalue weighted by Crippen LogP contribution is 2.13. The van der Waals surface area contributed by atoms with Crippen LogP contribution in [-0.4, -0.2) is 52.1 Å². The molecule has 0 radical (unpaired) electrons. The Morgan fingerprint density at radius 3 is 2.74 bits per heavy atom. The van der Waals surface area contributed by atoms with E-state index in [1.54, 1.807) is 24.0 Å². The topological polar surface area (TPSA) is 116 Å². The molecule has 1 aliphatic heterocycles. The molecule has 1 saturated heterocycles. The Balaban J connectivity index is 1.76. The molecule has 144 valence electrons. The van der Waals surface area contributed by atoms with Crippen molar-refractivity contribution in [3.05, 3.63) is 44.6 Å². The largest absolute Gasteiger partial charge is 0.347 e. The molecule has 2 heterocycles. The second-order valence-corrected chi connectivity index (χ2v) is 6.48. The van der Waals surface area contributed by atoms with Crippen LogP contribution in [0.1, 0.15) is 30.6 Å². The number of nitrogens with zero attached hydrogens (tertiary/aromatic N) is 2. The number of H-pyrrole nitrogens is 1. The lowest BCUT2D eigenvalue weighted by Gasteiger charge is -2.17. The van der Waals surface area contributed by atoms with E-state index >= 15 is 0 Å². The highest BCUT2D eigenvalue weighted by molar-refractivity contribution is 5.97. The maximum Gasteiger partial charge on any atom is 0.328 e. The molecule has 27 heavy (non-hydrogen) atoms. The third-order valence-electron chi connectivity index (χ3n) is 4.70. The number of benzene rings is 1. The lowest BCUT2D eigenvalue weighted by Crippen LogP contribution is -2.42. The average molecular weight is 373 g/mol. The Kier molecular flexibility index (Phi) is 5.29. The molecule has 0 spiro atoms. The van der Waals surface area contributed by atoms with E-state index in [2.05, 4.69) is 15.6 Å². The van der Waals surface area contributed by atoms with E-state index < -0.39 is 5.69 Å². The van der Waals surface area contributed by atoms with Crippen molar-refractivity contribution in [2.75, 3.05) is 19.6 Å². The number of fused-ring (bicyclic) bond motifs is 1. The van der Waals surface area contributed by atoms with Crippen LogP contribution in [-0.2, 0) is 6.54 Å². The predicted octanol–water partition coefficient (Wildman–Crippen LogP) is 0.243. The Morgan fingerprint density at radius 2 is 2.04 bits per heavy atom. The lowest BCUT2D eigenvalue weighted by atomic mass is 10.1. The number of amides is 3. The van der Waals surface area contributed by atoms with Crippen molar-refractivity contribution < 1.29 is 9.59 Å². The van der Waals surface area contributed by atoms with Gasteiger partial charge in [0.1, 0.15) is 0 Å². The number of likely N-dealkylation sites (tertiary alicyclic amines) is 1. The Labute approximate surface area is 155 Å². The van der Waals surface area contributed by atoms with E-state index in [0.717, 1.165) is 4.57 Å². The van der Waals surface area contributed by atoms with Gasteiger partial charge in [-0.1, -0.05) is 0 Å². The molecule has 3 rings (SSSR count). The van der Waals surface area contributed by atoms with Gasteiger partial charge in [-0.3, -0.25) is 14.2 Å². The minimum Gasteiger partial charge on any atom is -0.347 e. The number of carbonyl (C=O) groups is 2. The lowest BCUT2D eigenvalue weighted by molar-refractivity contribution is 0.0938. The maximum atomic E-state index is 12.5. The molecule has 0 bridgehead atoms. The predicted molar refractivity (Wildman–Crippen MR) is 101 cm³/mol. The quantitative estimate of drug-likeness (QED) is 0.712. The van der Waals surface area contributed by atoms with Crippen molar-refractivity contribution in [2.45, 2.75) is 32.9 Å². The summed E-state index contributed by atoms with van der Waals surface area (Å²) in [6, 6.07) is 4.34. The van der Waals surface area contributed by atoms with Crippen LogP contribution in [0.25, 0.3) is 10.9 Å². The zero-order valence-corrected chi connectivity index (χ0v) is 15.4. The van der Waals surface area contributed by atoms with E-state index in [1.165, 1.54) is 6.07 Å². The summed E-state index contributed by atoms with van der Waals surface area (Å²) in [5, 5.41) is 6.00. The van der Waals surface area contributed by atoms with Crippen molar-refractivity contribution in [3.8, 4) is 0 Å². The Bertz CT molecular complexity index is 993. The molecule has 1 aromatic heterocycles. The Hall–Kier alpha value is -3.10. The number of carbonyl (C=O) groups excluding carboxylic acids is 2. The highest BCUT2D eigenvalue weighted by atomic mass is 16.2. The first-order valence-corrected chi connectivity index (χ1v) is 9.05. The number of hydrogen-bond donors (Lipinski definition) is 3. The van der Waals surface area contributed by atoms with Gasteiger partial charge in [0, 0.05) is 37.8 Å². The van der Waals surface area contributed by atoms with Gasteiger partial charge in [-0.15, -0.1) is 0 Å². The molecule has 0 saturated carbocycles. The second kappa shape index (κ2) is 7.65. The maximum absolute atomic E-state index is 12.5. The molecule has 1 unspecified atom stereocenters. The molecule has 1 atom stereocenters. The molecular formula is C18H23N5O4. The van der Waals surface area contributed by atoms with Gasteiger partial charge in [0.15, 0.2) is 0 Å². The zero-order chi connectivity index (χ0) is 19.6. The van der Waals surface area contributed by atoms with Crippen LogP contribution in [0, 0.1) is 0 Å². The smallest absolute Gasteiger partial charge is 0.328 e. The van der Waals surface area contributed by atoms with Crippen molar-refractivity contribution in [1.29, 1.82) is 0 Å².